The first-order chi connectivity index (χ1) is 11.4. The zero-order valence-electron chi connectivity index (χ0n) is 14.0. The third-order valence-corrected chi connectivity index (χ3v) is 3.67. The molecule has 3 rings (SSSR count). The molecule has 7 heteroatoms. The Kier molecular flexibility index (Phi) is 4.16. The number of aromatic nitrogens is 5. The van der Waals surface area contributed by atoms with Crippen LogP contribution in [-0.2, 0) is 16.9 Å². The van der Waals surface area contributed by atoms with Gasteiger partial charge in [-0.15, -0.1) is 5.10 Å². The van der Waals surface area contributed by atoms with E-state index in [0.29, 0.717) is 12.2 Å². The minimum atomic E-state index is -0.557. The van der Waals surface area contributed by atoms with Crippen molar-refractivity contribution in [2.45, 2.75) is 32.9 Å². The highest BCUT2D eigenvalue weighted by Gasteiger charge is 2.25. The number of hydrogen-bond donors (Lipinski definition) is 1. The Labute approximate surface area is 140 Å². The summed E-state index contributed by atoms with van der Waals surface area (Å²) in [5.74, 6) is -0.0984. The summed E-state index contributed by atoms with van der Waals surface area (Å²) in [6.07, 6.45) is 5.62. The van der Waals surface area contributed by atoms with Crippen molar-refractivity contribution >= 4 is 5.91 Å². The lowest BCUT2D eigenvalue weighted by Gasteiger charge is -2.22. The van der Waals surface area contributed by atoms with Gasteiger partial charge in [0.1, 0.15) is 5.69 Å². The Balaban J connectivity index is 1.74. The predicted octanol–water partition coefficient (Wildman–Crippen LogP) is 1.88. The summed E-state index contributed by atoms with van der Waals surface area (Å²) in [4.78, 5) is 11.3. The second-order valence-corrected chi connectivity index (χ2v) is 6.24. The summed E-state index contributed by atoms with van der Waals surface area (Å²) in [5, 5.41) is 15.6. The van der Waals surface area contributed by atoms with Gasteiger partial charge in [0.15, 0.2) is 0 Å². The lowest BCUT2D eigenvalue weighted by atomic mass is 10.0. The molecule has 0 unspecified atom stereocenters. The Morgan fingerprint density at radius 2 is 1.96 bits per heavy atom. The number of nitrogens with one attached hydrogen (secondary N) is 1. The Morgan fingerprint density at radius 3 is 2.67 bits per heavy atom. The number of hydrogen-bond acceptors (Lipinski definition) is 4. The number of carbonyl (C=O) groups is 1. The zero-order valence-corrected chi connectivity index (χ0v) is 14.0. The van der Waals surface area contributed by atoms with Gasteiger partial charge in [0, 0.05) is 18.7 Å². The van der Waals surface area contributed by atoms with Gasteiger partial charge in [0.25, 0.3) is 0 Å². The standard InChI is InChI=1S/C17H20N6O/c1-13(24)19-17(2,3)16-12-22(21-20-16)10-14-9-18-23(11-14)15-7-5-4-6-8-15/h4-9,11-12H,10H2,1-3H3,(H,19,24). The molecule has 2 heterocycles. The molecular weight excluding hydrogens is 304 g/mol. The molecule has 1 N–H and O–H groups in total. The first kappa shape index (κ1) is 15.9. The van der Waals surface area contributed by atoms with E-state index in [4.69, 9.17) is 0 Å². The van der Waals surface area contributed by atoms with Gasteiger partial charge in [-0.2, -0.15) is 5.10 Å². The fourth-order valence-electron chi connectivity index (χ4n) is 2.52. The van der Waals surface area contributed by atoms with Crippen molar-refractivity contribution in [3.8, 4) is 5.69 Å². The van der Waals surface area contributed by atoms with E-state index in [1.165, 1.54) is 6.92 Å². The van der Waals surface area contributed by atoms with Gasteiger partial charge < -0.3 is 5.32 Å². The summed E-state index contributed by atoms with van der Waals surface area (Å²) in [6, 6.07) is 9.93. The molecule has 0 aliphatic heterocycles. The highest BCUT2D eigenvalue weighted by Crippen LogP contribution is 2.17. The molecule has 7 nitrogen and oxygen atoms in total. The van der Waals surface area contributed by atoms with Crippen LogP contribution in [-0.4, -0.2) is 30.7 Å². The second-order valence-electron chi connectivity index (χ2n) is 6.24. The Morgan fingerprint density at radius 1 is 1.21 bits per heavy atom. The van der Waals surface area contributed by atoms with E-state index in [-0.39, 0.29) is 5.91 Å². The third kappa shape index (κ3) is 3.51. The van der Waals surface area contributed by atoms with E-state index in [1.807, 2.05) is 67.5 Å². The van der Waals surface area contributed by atoms with E-state index < -0.39 is 5.54 Å². The lowest BCUT2D eigenvalue weighted by molar-refractivity contribution is -0.120. The lowest BCUT2D eigenvalue weighted by Crippen LogP contribution is -2.39. The quantitative estimate of drug-likeness (QED) is 0.777. The van der Waals surface area contributed by atoms with Crippen LogP contribution in [0.3, 0.4) is 0 Å². The van der Waals surface area contributed by atoms with Crippen molar-refractivity contribution in [3.05, 3.63) is 60.2 Å². The molecule has 0 radical (unpaired) electrons. The number of benzene rings is 1. The van der Waals surface area contributed by atoms with Crippen LogP contribution in [0.25, 0.3) is 5.69 Å². The van der Waals surface area contributed by atoms with Gasteiger partial charge >= 0.3 is 0 Å². The van der Waals surface area contributed by atoms with Crippen LogP contribution in [0.5, 0.6) is 0 Å². The molecule has 0 spiro atoms. The van der Waals surface area contributed by atoms with Crippen LogP contribution < -0.4 is 5.32 Å². The normalized spacial score (nSPS) is 11.5. The van der Waals surface area contributed by atoms with Crippen LogP contribution >= 0.6 is 0 Å². The van der Waals surface area contributed by atoms with Crippen LogP contribution in [0.4, 0.5) is 0 Å². The molecule has 1 amide bonds. The van der Waals surface area contributed by atoms with Crippen LogP contribution in [0.15, 0.2) is 48.9 Å². The van der Waals surface area contributed by atoms with Gasteiger partial charge in [-0.05, 0) is 26.0 Å². The number of amides is 1. The SMILES string of the molecule is CC(=O)NC(C)(C)c1cn(Cc2cnn(-c3ccccc3)c2)nn1. The third-order valence-electron chi connectivity index (χ3n) is 3.67. The molecule has 1 aromatic carbocycles. The minimum Gasteiger partial charge on any atom is -0.346 e. The van der Waals surface area contributed by atoms with E-state index in [1.54, 1.807) is 4.68 Å². The topological polar surface area (TPSA) is 77.6 Å². The molecule has 0 bridgehead atoms. The molecule has 24 heavy (non-hydrogen) atoms. The molecule has 2 aromatic heterocycles. The monoisotopic (exact) mass is 324 g/mol. The van der Waals surface area contributed by atoms with Crippen LogP contribution in [0, 0.1) is 0 Å². The van der Waals surface area contributed by atoms with E-state index in [0.717, 1.165) is 11.3 Å². The summed E-state index contributed by atoms with van der Waals surface area (Å²) >= 11 is 0. The summed E-state index contributed by atoms with van der Waals surface area (Å²) in [5.41, 5.74) is 2.19. The van der Waals surface area contributed by atoms with Crippen molar-refractivity contribution < 1.29 is 4.79 Å². The Hall–Kier alpha value is -2.96. The molecule has 0 saturated carbocycles. The minimum absolute atomic E-state index is 0.0984. The highest BCUT2D eigenvalue weighted by molar-refractivity contribution is 5.73. The van der Waals surface area contributed by atoms with E-state index >= 15 is 0 Å². The number of carbonyl (C=O) groups excluding carboxylic acids is 1. The number of para-hydroxylation sites is 1. The molecule has 0 saturated heterocycles. The van der Waals surface area contributed by atoms with Crippen molar-refractivity contribution in [3.63, 3.8) is 0 Å². The summed E-state index contributed by atoms with van der Waals surface area (Å²) in [7, 11) is 0. The summed E-state index contributed by atoms with van der Waals surface area (Å²) in [6.45, 7) is 5.85. The Bertz CT molecular complexity index is 834. The van der Waals surface area contributed by atoms with Crippen molar-refractivity contribution in [1.82, 2.24) is 30.1 Å². The second kappa shape index (κ2) is 6.27. The molecule has 124 valence electrons. The maximum absolute atomic E-state index is 11.3. The smallest absolute Gasteiger partial charge is 0.217 e. The fourth-order valence-corrected chi connectivity index (χ4v) is 2.52. The van der Waals surface area contributed by atoms with Gasteiger partial charge in [-0.3, -0.25) is 4.79 Å². The van der Waals surface area contributed by atoms with Crippen LogP contribution in [0.1, 0.15) is 32.0 Å². The van der Waals surface area contributed by atoms with Gasteiger partial charge in [0.2, 0.25) is 5.91 Å². The van der Waals surface area contributed by atoms with Crippen molar-refractivity contribution in [2.24, 2.45) is 0 Å². The van der Waals surface area contributed by atoms with E-state index in [9.17, 15) is 4.79 Å². The predicted molar refractivity (Wildman–Crippen MR) is 89.5 cm³/mol. The molecule has 0 aliphatic carbocycles. The van der Waals surface area contributed by atoms with Gasteiger partial charge in [-0.1, -0.05) is 23.4 Å². The maximum Gasteiger partial charge on any atom is 0.217 e. The van der Waals surface area contributed by atoms with E-state index in [2.05, 4.69) is 20.7 Å². The summed E-state index contributed by atoms with van der Waals surface area (Å²) < 4.78 is 3.57. The molecule has 3 aromatic rings. The number of rotatable bonds is 5. The fraction of sp³-hybridized carbons (Fsp3) is 0.294. The van der Waals surface area contributed by atoms with Gasteiger partial charge in [0.05, 0.1) is 30.2 Å². The molecule has 0 aliphatic rings. The average Bonchev–Trinajstić information content (AvgIpc) is 3.17. The zero-order chi connectivity index (χ0) is 17.2. The average molecular weight is 324 g/mol. The van der Waals surface area contributed by atoms with Crippen molar-refractivity contribution in [1.29, 1.82) is 0 Å². The highest BCUT2D eigenvalue weighted by atomic mass is 16.1. The van der Waals surface area contributed by atoms with Crippen LogP contribution in [0.2, 0.25) is 0 Å². The largest absolute Gasteiger partial charge is 0.346 e. The molecule has 0 atom stereocenters. The molecular formula is C17H20N6O. The van der Waals surface area contributed by atoms with Gasteiger partial charge in [-0.25, -0.2) is 9.36 Å². The van der Waals surface area contributed by atoms with Crippen molar-refractivity contribution in [2.75, 3.05) is 0 Å². The number of nitrogens with zero attached hydrogens (tertiary/aromatic N) is 5. The molecule has 0 fully saturated rings. The first-order valence-corrected chi connectivity index (χ1v) is 7.72. The first-order valence-electron chi connectivity index (χ1n) is 7.72. The maximum atomic E-state index is 11.3.